The van der Waals surface area contributed by atoms with E-state index in [1.165, 1.54) is 48.9 Å². The van der Waals surface area contributed by atoms with Crippen molar-refractivity contribution in [2.24, 2.45) is 5.92 Å². The maximum atomic E-state index is 6.03. The fourth-order valence-corrected chi connectivity index (χ4v) is 5.45. The standard InChI is InChI=1S/C23H28N4OS/c1-2-6-19(7-3-1)20-16-29-23-21(20)22(24-17-25-23)27-11-8-18(14-27)15-28-13-12-26-9-4-5-10-26/h1-3,6-7,16-18H,4-5,8-15H2/t18-/m1/s1. The predicted molar refractivity (Wildman–Crippen MR) is 120 cm³/mol. The van der Waals surface area contributed by atoms with Gasteiger partial charge in [-0.3, -0.25) is 0 Å². The van der Waals surface area contributed by atoms with Crippen molar-refractivity contribution in [2.45, 2.75) is 19.3 Å². The number of hydrogen-bond acceptors (Lipinski definition) is 6. The van der Waals surface area contributed by atoms with Gasteiger partial charge in [-0.1, -0.05) is 30.3 Å². The molecule has 5 rings (SSSR count). The molecular formula is C23H28N4OS. The Hall–Kier alpha value is -2.02. The minimum Gasteiger partial charge on any atom is -0.380 e. The molecule has 0 bridgehead atoms. The van der Waals surface area contributed by atoms with Crippen LogP contribution >= 0.6 is 11.3 Å². The number of rotatable bonds is 7. The molecule has 3 aromatic rings. The summed E-state index contributed by atoms with van der Waals surface area (Å²) in [5.41, 5.74) is 2.47. The van der Waals surface area contributed by atoms with Crippen LogP contribution in [0.2, 0.25) is 0 Å². The largest absolute Gasteiger partial charge is 0.380 e. The highest BCUT2D eigenvalue weighted by atomic mass is 32.1. The van der Waals surface area contributed by atoms with Crippen LogP contribution in [0.4, 0.5) is 5.82 Å². The Morgan fingerprint density at radius 2 is 1.93 bits per heavy atom. The molecule has 0 N–H and O–H groups in total. The van der Waals surface area contributed by atoms with Crippen molar-refractivity contribution >= 4 is 27.4 Å². The third-order valence-electron chi connectivity index (χ3n) is 6.12. The molecule has 6 heteroatoms. The highest BCUT2D eigenvalue weighted by molar-refractivity contribution is 7.17. The summed E-state index contributed by atoms with van der Waals surface area (Å²) in [6, 6.07) is 10.6. The van der Waals surface area contributed by atoms with Gasteiger partial charge in [-0.15, -0.1) is 11.3 Å². The second kappa shape index (κ2) is 8.78. The summed E-state index contributed by atoms with van der Waals surface area (Å²) in [6.45, 7) is 7.34. The first-order valence-electron chi connectivity index (χ1n) is 10.7. The SMILES string of the molecule is c1ccc(-c2csc3ncnc(N4CC[C@@H](COCCN5CCCC5)C4)c23)cc1. The monoisotopic (exact) mass is 408 g/mol. The van der Waals surface area contributed by atoms with Gasteiger partial charge in [0.05, 0.1) is 18.6 Å². The molecular weight excluding hydrogens is 380 g/mol. The fourth-order valence-electron chi connectivity index (χ4n) is 4.54. The van der Waals surface area contributed by atoms with E-state index in [0.717, 1.165) is 43.5 Å². The molecule has 0 saturated carbocycles. The highest BCUT2D eigenvalue weighted by Crippen LogP contribution is 2.39. The molecule has 5 nitrogen and oxygen atoms in total. The Bertz CT molecular complexity index is 938. The molecule has 2 aliphatic rings. The third kappa shape index (κ3) is 4.15. The van der Waals surface area contributed by atoms with Crippen molar-refractivity contribution in [3.8, 4) is 11.1 Å². The van der Waals surface area contributed by atoms with E-state index in [9.17, 15) is 0 Å². The summed E-state index contributed by atoms with van der Waals surface area (Å²) in [4.78, 5) is 15.2. The van der Waals surface area contributed by atoms with Gasteiger partial charge in [0.2, 0.25) is 0 Å². The van der Waals surface area contributed by atoms with Crippen molar-refractivity contribution in [3.05, 3.63) is 42.0 Å². The number of nitrogens with zero attached hydrogens (tertiary/aromatic N) is 4. The zero-order valence-corrected chi connectivity index (χ0v) is 17.6. The Morgan fingerprint density at radius 3 is 2.79 bits per heavy atom. The minimum absolute atomic E-state index is 0.581. The van der Waals surface area contributed by atoms with E-state index in [0.29, 0.717) is 5.92 Å². The van der Waals surface area contributed by atoms with Crippen LogP contribution < -0.4 is 4.90 Å². The molecule has 0 spiro atoms. The number of ether oxygens (including phenoxy) is 1. The van der Waals surface area contributed by atoms with Gasteiger partial charge < -0.3 is 14.5 Å². The van der Waals surface area contributed by atoms with Crippen molar-refractivity contribution in [1.82, 2.24) is 14.9 Å². The average Bonchev–Trinajstić information content (AvgIpc) is 3.52. The lowest BCUT2D eigenvalue weighted by Crippen LogP contribution is -2.26. The summed E-state index contributed by atoms with van der Waals surface area (Å²) >= 11 is 1.70. The van der Waals surface area contributed by atoms with Crippen LogP contribution in [0.25, 0.3) is 21.3 Å². The van der Waals surface area contributed by atoms with Gasteiger partial charge in [0.15, 0.2) is 0 Å². The topological polar surface area (TPSA) is 41.5 Å². The molecule has 0 aliphatic carbocycles. The summed E-state index contributed by atoms with van der Waals surface area (Å²) < 4.78 is 6.03. The lowest BCUT2D eigenvalue weighted by molar-refractivity contribution is 0.0877. The molecule has 0 amide bonds. The predicted octanol–water partition coefficient (Wildman–Crippen LogP) is 4.30. The van der Waals surface area contributed by atoms with Crippen LogP contribution in [0.3, 0.4) is 0 Å². The van der Waals surface area contributed by atoms with Crippen LogP contribution in [0, 0.1) is 5.92 Å². The first-order valence-corrected chi connectivity index (χ1v) is 11.6. The van der Waals surface area contributed by atoms with Crippen molar-refractivity contribution in [1.29, 1.82) is 0 Å². The van der Waals surface area contributed by atoms with Crippen LogP contribution in [0.5, 0.6) is 0 Å². The van der Waals surface area contributed by atoms with Gasteiger partial charge in [-0.25, -0.2) is 9.97 Å². The van der Waals surface area contributed by atoms with Crippen LogP contribution in [-0.4, -0.2) is 60.8 Å². The Labute approximate surface area is 176 Å². The number of likely N-dealkylation sites (tertiary alicyclic amines) is 1. The Kier molecular flexibility index (Phi) is 5.74. The van der Waals surface area contributed by atoms with Crippen molar-refractivity contribution < 1.29 is 4.74 Å². The van der Waals surface area contributed by atoms with Gasteiger partial charge in [0.25, 0.3) is 0 Å². The maximum absolute atomic E-state index is 6.03. The van der Waals surface area contributed by atoms with Crippen LogP contribution in [0.1, 0.15) is 19.3 Å². The molecule has 2 saturated heterocycles. The Morgan fingerprint density at radius 1 is 1.07 bits per heavy atom. The van der Waals surface area contributed by atoms with Gasteiger partial charge in [-0.05, 0) is 37.9 Å². The number of benzene rings is 1. The number of aromatic nitrogens is 2. The third-order valence-corrected chi connectivity index (χ3v) is 7.01. The van der Waals surface area contributed by atoms with E-state index in [2.05, 4.69) is 50.5 Å². The lowest BCUT2D eigenvalue weighted by Gasteiger charge is -2.19. The van der Waals surface area contributed by atoms with Crippen LogP contribution in [-0.2, 0) is 4.74 Å². The minimum atomic E-state index is 0.581. The first-order chi connectivity index (χ1) is 14.4. The van der Waals surface area contributed by atoms with Gasteiger partial charge in [-0.2, -0.15) is 0 Å². The normalized spacial score (nSPS) is 20.1. The van der Waals surface area contributed by atoms with Crippen LogP contribution in [0.15, 0.2) is 42.0 Å². The zero-order valence-electron chi connectivity index (χ0n) is 16.8. The Balaban J connectivity index is 1.26. The van der Waals surface area contributed by atoms with E-state index < -0.39 is 0 Å². The second-order valence-corrected chi connectivity index (χ2v) is 8.98. The summed E-state index contributed by atoms with van der Waals surface area (Å²) in [6.07, 6.45) is 5.57. The van der Waals surface area contributed by atoms with Crippen molar-refractivity contribution in [2.75, 3.05) is 50.8 Å². The summed E-state index contributed by atoms with van der Waals surface area (Å²) in [7, 11) is 0. The molecule has 2 fully saturated rings. The molecule has 29 heavy (non-hydrogen) atoms. The zero-order chi connectivity index (χ0) is 19.5. The molecule has 4 heterocycles. The summed E-state index contributed by atoms with van der Waals surface area (Å²) in [5, 5.41) is 3.41. The van der Waals surface area contributed by atoms with Gasteiger partial charge in [0.1, 0.15) is 17.0 Å². The molecule has 152 valence electrons. The molecule has 2 aromatic heterocycles. The lowest BCUT2D eigenvalue weighted by atomic mass is 10.1. The number of anilines is 1. The number of thiophene rings is 1. The van der Waals surface area contributed by atoms with Gasteiger partial charge in [0, 0.05) is 36.5 Å². The summed E-state index contributed by atoms with van der Waals surface area (Å²) in [5.74, 6) is 1.66. The molecule has 1 aromatic carbocycles. The number of hydrogen-bond donors (Lipinski definition) is 0. The van der Waals surface area contributed by atoms with Gasteiger partial charge >= 0.3 is 0 Å². The average molecular weight is 409 g/mol. The maximum Gasteiger partial charge on any atom is 0.141 e. The van der Waals surface area contributed by atoms with E-state index in [-0.39, 0.29) is 0 Å². The van der Waals surface area contributed by atoms with E-state index in [1.54, 1.807) is 17.7 Å². The second-order valence-electron chi connectivity index (χ2n) is 8.12. The highest BCUT2D eigenvalue weighted by Gasteiger charge is 2.26. The quantitative estimate of drug-likeness (QED) is 0.545. The first kappa shape index (κ1) is 19.0. The van der Waals surface area contributed by atoms with E-state index in [1.807, 2.05) is 0 Å². The molecule has 0 unspecified atom stereocenters. The number of fused-ring (bicyclic) bond motifs is 1. The van der Waals surface area contributed by atoms with E-state index in [4.69, 9.17) is 9.72 Å². The van der Waals surface area contributed by atoms with Crippen molar-refractivity contribution in [3.63, 3.8) is 0 Å². The molecule has 1 atom stereocenters. The molecule has 0 radical (unpaired) electrons. The molecule has 2 aliphatic heterocycles. The van der Waals surface area contributed by atoms with E-state index >= 15 is 0 Å². The smallest absolute Gasteiger partial charge is 0.141 e. The fraction of sp³-hybridized carbons (Fsp3) is 0.478.